The highest BCUT2D eigenvalue weighted by Crippen LogP contribution is 2.22. The van der Waals surface area contributed by atoms with Gasteiger partial charge in [0.05, 0.1) is 18.7 Å². The smallest absolute Gasteiger partial charge is 0.255 e. The fourth-order valence-electron chi connectivity index (χ4n) is 2.18. The molecule has 0 aliphatic rings. The minimum Gasteiger partial charge on any atom is -0.497 e. The molecule has 3 nitrogen and oxygen atoms in total. The Bertz CT molecular complexity index is 632. The number of methoxy groups -OCH3 is 1. The first-order valence-corrected chi connectivity index (χ1v) is 7.17. The van der Waals surface area contributed by atoms with Gasteiger partial charge in [-0.05, 0) is 42.3 Å². The second-order valence-corrected chi connectivity index (χ2v) is 4.83. The maximum atomic E-state index is 12.4. The average Bonchev–Trinajstić information content (AvgIpc) is 2.49. The van der Waals surface area contributed by atoms with Crippen molar-refractivity contribution in [3.63, 3.8) is 0 Å². The molecule has 2 aromatic rings. The Morgan fingerprint density at radius 3 is 2.40 bits per heavy atom. The van der Waals surface area contributed by atoms with Crippen LogP contribution in [0.3, 0.4) is 0 Å². The number of halogens is 1. The molecule has 1 heterocycles. The lowest BCUT2D eigenvalue weighted by Gasteiger charge is -2.14. The number of rotatable bonds is 5. The third-order valence-corrected chi connectivity index (χ3v) is 3.52. The molecule has 0 radical (unpaired) electrons. The van der Waals surface area contributed by atoms with Crippen molar-refractivity contribution >= 4 is 11.6 Å². The van der Waals surface area contributed by atoms with Gasteiger partial charge in [-0.15, -0.1) is 11.6 Å². The van der Waals surface area contributed by atoms with E-state index in [0.717, 1.165) is 23.4 Å². The van der Waals surface area contributed by atoms with Crippen molar-refractivity contribution in [2.24, 2.45) is 0 Å². The average molecular weight is 292 g/mol. The van der Waals surface area contributed by atoms with Crippen molar-refractivity contribution < 1.29 is 4.74 Å². The summed E-state index contributed by atoms with van der Waals surface area (Å²) in [7, 11) is 1.64. The molecule has 0 spiro atoms. The molecular formula is C16H18ClNO2. The molecule has 106 valence electrons. The van der Waals surface area contributed by atoms with Crippen molar-refractivity contribution in [1.82, 2.24) is 4.57 Å². The van der Waals surface area contributed by atoms with Gasteiger partial charge in [-0.3, -0.25) is 4.79 Å². The molecule has 4 heteroatoms. The summed E-state index contributed by atoms with van der Waals surface area (Å²) in [6.07, 6.45) is 0.898. The summed E-state index contributed by atoms with van der Waals surface area (Å²) >= 11 is 5.81. The zero-order chi connectivity index (χ0) is 14.5. The molecule has 0 saturated heterocycles. The van der Waals surface area contributed by atoms with Crippen molar-refractivity contribution in [3.05, 3.63) is 52.3 Å². The van der Waals surface area contributed by atoms with Gasteiger partial charge in [-0.1, -0.05) is 13.0 Å². The lowest BCUT2D eigenvalue weighted by molar-refractivity contribution is 0.415. The molecular weight excluding hydrogens is 274 g/mol. The van der Waals surface area contributed by atoms with Gasteiger partial charge in [-0.2, -0.15) is 0 Å². The molecule has 0 N–H and O–H groups in total. The van der Waals surface area contributed by atoms with Crippen LogP contribution >= 0.6 is 11.6 Å². The summed E-state index contributed by atoms with van der Waals surface area (Å²) < 4.78 is 6.95. The largest absolute Gasteiger partial charge is 0.497 e. The van der Waals surface area contributed by atoms with Gasteiger partial charge in [0.1, 0.15) is 5.75 Å². The second-order valence-electron chi connectivity index (χ2n) is 4.56. The molecule has 1 aromatic carbocycles. The lowest BCUT2D eigenvalue weighted by Crippen LogP contribution is -2.24. The predicted octanol–water partition coefficient (Wildman–Crippen LogP) is 3.67. The van der Waals surface area contributed by atoms with Crippen LogP contribution in [0.2, 0.25) is 0 Å². The van der Waals surface area contributed by atoms with Crippen LogP contribution in [0.4, 0.5) is 0 Å². The van der Waals surface area contributed by atoms with Crippen LogP contribution < -0.4 is 10.3 Å². The Kier molecular flexibility index (Phi) is 4.85. The number of hydrogen-bond donors (Lipinski definition) is 0. The molecule has 2 rings (SSSR count). The predicted molar refractivity (Wildman–Crippen MR) is 82.5 cm³/mol. The summed E-state index contributed by atoms with van der Waals surface area (Å²) in [4.78, 5) is 12.4. The van der Waals surface area contributed by atoms with Gasteiger partial charge in [0.15, 0.2) is 0 Å². The minimum absolute atomic E-state index is 0.00447. The molecule has 1 aromatic heterocycles. The summed E-state index contributed by atoms with van der Waals surface area (Å²) in [5.41, 5.74) is 2.54. The Hall–Kier alpha value is -1.74. The van der Waals surface area contributed by atoms with Gasteiger partial charge in [-0.25, -0.2) is 0 Å². The van der Waals surface area contributed by atoms with E-state index in [1.54, 1.807) is 17.7 Å². The minimum atomic E-state index is -0.00447. The van der Waals surface area contributed by atoms with Crippen LogP contribution in [0.15, 0.2) is 41.2 Å². The maximum absolute atomic E-state index is 12.4. The van der Waals surface area contributed by atoms with Gasteiger partial charge in [0.2, 0.25) is 0 Å². The Balaban J connectivity index is 2.54. The Morgan fingerprint density at radius 2 is 1.85 bits per heavy atom. The molecule has 20 heavy (non-hydrogen) atoms. The van der Waals surface area contributed by atoms with Crippen molar-refractivity contribution in [3.8, 4) is 17.0 Å². The van der Waals surface area contributed by atoms with Crippen molar-refractivity contribution in [1.29, 1.82) is 0 Å². The number of hydrogen-bond acceptors (Lipinski definition) is 2. The van der Waals surface area contributed by atoms with Crippen LogP contribution in [-0.2, 0) is 12.4 Å². The molecule has 0 unspecified atom stereocenters. The molecule has 0 bridgehead atoms. The SMILES string of the molecule is CCCn1c(-c2ccc(OC)cc2)ccc(CCl)c1=O. The molecule has 0 aliphatic heterocycles. The van der Waals surface area contributed by atoms with Crippen LogP contribution in [-0.4, -0.2) is 11.7 Å². The van der Waals surface area contributed by atoms with Gasteiger partial charge in [0, 0.05) is 12.1 Å². The van der Waals surface area contributed by atoms with E-state index in [0.29, 0.717) is 12.1 Å². The van der Waals surface area contributed by atoms with Gasteiger partial charge < -0.3 is 9.30 Å². The number of aromatic nitrogens is 1. The molecule has 0 atom stereocenters. The number of pyridine rings is 1. The Morgan fingerprint density at radius 1 is 1.15 bits per heavy atom. The van der Waals surface area contributed by atoms with E-state index in [1.807, 2.05) is 30.3 Å². The van der Waals surface area contributed by atoms with E-state index >= 15 is 0 Å². The zero-order valence-electron chi connectivity index (χ0n) is 11.7. The zero-order valence-corrected chi connectivity index (χ0v) is 12.5. The van der Waals surface area contributed by atoms with Crippen LogP contribution in [0.1, 0.15) is 18.9 Å². The summed E-state index contributed by atoms with van der Waals surface area (Å²) in [6, 6.07) is 11.5. The first kappa shape index (κ1) is 14.7. The number of nitrogens with zero attached hydrogens (tertiary/aromatic N) is 1. The molecule has 0 aliphatic carbocycles. The fourth-order valence-corrected chi connectivity index (χ4v) is 2.39. The van der Waals surface area contributed by atoms with E-state index in [9.17, 15) is 4.79 Å². The highest BCUT2D eigenvalue weighted by molar-refractivity contribution is 6.17. The van der Waals surface area contributed by atoms with E-state index in [1.165, 1.54) is 0 Å². The monoisotopic (exact) mass is 291 g/mol. The molecule has 0 saturated carbocycles. The summed E-state index contributed by atoms with van der Waals surface area (Å²) in [5.74, 6) is 1.04. The van der Waals surface area contributed by atoms with Crippen LogP contribution in [0.25, 0.3) is 11.3 Å². The quantitative estimate of drug-likeness (QED) is 0.787. The standard InChI is InChI=1S/C16H18ClNO2/c1-3-10-18-15(9-6-13(11-17)16(18)19)12-4-7-14(20-2)8-5-12/h4-9H,3,10-11H2,1-2H3. The van der Waals surface area contributed by atoms with E-state index in [4.69, 9.17) is 16.3 Å². The number of ether oxygens (including phenoxy) is 1. The Labute approximate surface area is 123 Å². The van der Waals surface area contributed by atoms with Gasteiger partial charge in [0.25, 0.3) is 5.56 Å². The third kappa shape index (κ3) is 2.88. The highest BCUT2D eigenvalue weighted by atomic mass is 35.5. The molecule has 0 fully saturated rings. The molecule has 0 amide bonds. The highest BCUT2D eigenvalue weighted by Gasteiger charge is 2.09. The summed E-state index contributed by atoms with van der Waals surface area (Å²) in [6.45, 7) is 2.74. The second kappa shape index (κ2) is 6.62. The van der Waals surface area contributed by atoms with Crippen LogP contribution in [0.5, 0.6) is 5.75 Å². The van der Waals surface area contributed by atoms with E-state index in [-0.39, 0.29) is 11.4 Å². The van der Waals surface area contributed by atoms with Gasteiger partial charge >= 0.3 is 0 Å². The van der Waals surface area contributed by atoms with E-state index in [2.05, 4.69) is 6.92 Å². The van der Waals surface area contributed by atoms with E-state index < -0.39 is 0 Å². The lowest BCUT2D eigenvalue weighted by atomic mass is 10.1. The van der Waals surface area contributed by atoms with Crippen LogP contribution in [0, 0.1) is 0 Å². The third-order valence-electron chi connectivity index (χ3n) is 3.23. The van der Waals surface area contributed by atoms with Crippen molar-refractivity contribution in [2.75, 3.05) is 7.11 Å². The number of alkyl halides is 1. The topological polar surface area (TPSA) is 31.2 Å². The normalized spacial score (nSPS) is 10.6. The first-order valence-electron chi connectivity index (χ1n) is 6.64. The number of benzene rings is 1. The first-order chi connectivity index (χ1) is 9.71. The summed E-state index contributed by atoms with van der Waals surface area (Å²) in [5, 5.41) is 0. The van der Waals surface area contributed by atoms with Crippen molar-refractivity contribution in [2.45, 2.75) is 25.8 Å². The maximum Gasteiger partial charge on any atom is 0.255 e. The fraction of sp³-hybridized carbons (Fsp3) is 0.312.